The quantitative estimate of drug-likeness (QED) is 0.202. The van der Waals surface area contributed by atoms with Crippen LogP contribution < -0.4 is 15.5 Å². The molecule has 3 heterocycles. The molecule has 2 amide bonds. The van der Waals surface area contributed by atoms with Crippen LogP contribution >= 0.6 is 11.3 Å². The number of benzene rings is 2. The molecule has 2 aromatic heterocycles. The van der Waals surface area contributed by atoms with Crippen molar-refractivity contribution in [2.24, 2.45) is 17.8 Å². The summed E-state index contributed by atoms with van der Waals surface area (Å²) in [6.07, 6.45) is 2.04. The van der Waals surface area contributed by atoms with Crippen molar-refractivity contribution < 1.29 is 23.9 Å². The van der Waals surface area contributed by atoms with Gasteiger partial charge in [0, 0.05) is 24.3 Å². The number of rotatable bonds is 8. The van der Waals surface area contributed by atoms with E-state index >= 15 is 0 Å². The molecule has 10 nitrogen and oxygen atoms in total. The number of nitrogens with one attached hydrogen (secondary N) is 2. The zero-order chi connectivity index (χ0) is 34.0. The molecule has 254 valence electrons. The highest BCUT2D eigenvalue weighted by atomic mass is 32.1. The lowest BCUT2D eigenvalue weighted by Gasteiger charge is -2.36. The molecule has 0 bridgehead atoms. The molecule has 0 radical (unpaired) electrons. The van der Waals surface area contributed by atoms with Gasteiger partial charge in [-0.2, -0.15) is 4.68 Å². The van der Waals surface area contributed by atoms with E-state index in [9.17, 15) is 14.4 Å². The summed E-state index contributed by atoms with van der Waals surface area (Å²) >= 11 is 1.15. The number of ether oxygens (including phenoxy) is 2. The predicted octanol–water partition coefficient (Wildman–Crippen LogP) is 7.30. The molecule has 3 atom stereocenters. The third kappa shape index (κ3) is 7.27. The maximum Gasteiger partial charge on any atom is 0.436 e. The van der Waals surface area contributed by atoms with E-state index in [1.165, 1.54) is 4.68 Å². The molecule has 2 fully saturated rings. The van der Waals surface area contributed by atoms with Crippen molar-refractivity contribution in [3.63, 3.8) is 0 Å². The SMILES string of the molecule is CC(C)[C@@H]1CC[C@@H](C)C[C@H]1OC(=O)n1nc(NC(=O)c2ccc(N3CCOCC3)cc2)c2cc(C(=O)NC(C)(C)c3ccccc3)sc21. The topological polar surface area (TPSA) is 115 Å². The minimum absolute atomic E-state index is 0.194. The fourth-order valence-electron chi connectivity index (χ4n) is 6.76. The lowest BCUT2D eigenvalue weighted by Crippen LogP contribution is -2.40. The van der Waals surface area contributed by atoms with Gasteiger partial charge in [-0.25, -0.2) is 4.79 Å². The first-order valence-corrected chi connectivity index (χ1v) is 17.7. The summed E-state index contributed by atoms with van der Waals surface area (Å²) in [5.74, 6) is 0.598. The molecule has 1 saturated heterocycles. The van der Waals surface area contributed by atoms with Gasteiger partial charge in [-0.05, 0) is 80.3 Å². The molecule has 2 N–H and O–H groups in total. The van der Waals surface area contributed by atoms with E-state index in [1.54, 1.807) is 18.2 Å². The van der Waals surface area contributed by atoms with Crippen molar-refractivity contribution in [1.29, 1.82) is 0 Å². The van der Waals surface area contributed by atoms with Crippen molar-refractivity contribution in [1.82, 2.24) is 15.1 Å². The number of anilines is 2. The van der Waals surface area contributed by atoms with Gasteiger partial charge in [-0.1, -0.05) is 57.5 Å². The second kappa shape index (κ2) is 14.1. The first-order valence-electron chi connectivity index (χ1n) is 16.9. The summed E-state index contributed by atoms with van der Waals surface area (Å²) in [6.45, 7) is 13.3. The molecule has 6 rings (SSSR count). The molecule has 0 spiro atoms. The highest BCUT2D eigenvalue weighted by molar-refractivity contribution is 7.20. The number of thiophene rings is 1. The second-order valence-electron chi connectivity index (χ2n) is 13.9. The van der Waals surface area contributed by atoms with Crippen LogP contribution in [0.4, 0.5) is 16.3 Å². The lowest BCUT2D eigenvalue weighted by molar-refractivity contribution is 0.00600. The molecular weight excluding hydrogens is 627 g/mol. The van der Waals surface area contributed by atoms with Crippen molar-refractivity contribution in [3.05, 3.63) is 76.7 Å². The number of amides is 2. The van der Waals surface area contributed by atoms with E-state index < -0.39 is 11.6 Å². The third-order valence-electron chi connectivity index (χ3n) is 9.63. The van der Waals surface area contributed by atoms with Crippen molar-refractivity contribution in [2.45, 2.75) is 65.5 Å². The van der Waals surface area contributed by atoms with Crippen LogP contribution in [0.25, 0.3) is 10.2 Å². The largest absolute Gasteiger partial charge is 0.444 e. The Balaban J connectivity index is 1.29. The van der Waals surface area contributed by atoms with Crippen LogP contribution in [0, 0.1) is 17.8 Å². The Morgan fingerprint density at radius 2 is 1.71 bits per heavy atom. The average molecular weight is 672 g/mol. The van der Waals surface area contributed by atoms with E-state index in [-0.39, 0.29) is 29.7 Å². The van der Waals surface area contributed by atoms with Crippen LogP contribution in [0.2, 0.25) is 0 Å². The zero-order valence-electron chi connectivity index (χ0n) is 28.3. The molecule has 0 unspecified atom stereocenters. The van der Waals surface area contributed by atoms with Crippen molar-refractivity contribution in [3.8, 4) is 0 Å². The molecular formula is C37H45N5O5S. The van der Waals surface area contributed by atoms with E-state index in [4.69, 9.17) is 9.47 Å². The van der Waals surface area contributed by atoms with Crippen LogP contribution in [0.15, 0.2) is 60.7 Å². The monoisotopic (exact) mass is 671 g/mol. The molecule has 4 aromatic rings. The highest BCUT2D eigenvalue weighted by Gasteiger charge is 2.35. The van der Waals surface area contributed by atoms with E-state index in [2.05, 4.69) is 41.4 Å². The Hall–Kier alpha value is -4.22. The molecule has 1 saturated carbocycles. The van der Waals surface area contributed by atoms with Crippen LogP contribution in [0.1, 0.15) is 79.5 Å². The third-order valence-corrected chi connectivity index (χ3v) is 10.7. The Kier molecular flexibility index (Phi) is 9.89. The van der Waals surface area contributed by atoms with Gasteiger partial charge in [0.1, 0.15) is 10.9 Å². The lowest BCUT2D eigenvalue weighted by atomic mass is 9.75. The number of hydrogen-bond donors (Lipinski definition) is 2. The summed E-state index contributed by atoms with van der Waals surface area (Å²) < 4.78 is 12.8. The van der Waals surface area contributed by atoms with Gasteiger partial charge in [0.15, 0.2) is 5.82 Å². The van der Waals surface area contributed by atoms with Gasteiger partial charge >= 0.3 is 6.09 Å². The number of aromatic nitrogens is 2. The number of carbonyl (C=O) groups is 3. The first kappa shape index (κ1) is 33.7. The molecule has 48 heavy (non-hydrogen) atoms. The first-order chi connectivity index (χ1) is 23.0. The molecule has 11 heteroatoms. The smallest absolute Gasteiger partial charge is 0.436 e. The number of morpholine rings is 1. The van der Waals surface area contributed by atoms with E-state index in [0.717, 1.165) is 54.9 Å². The van der Waals surface area contributed by atoms with Gasteiger partial charge in [0.2, 0.25) is 0 Å². The van der Waals surface area contributed by atoms with Crippen LogP contribution in [0.5, 0.6) is 0 Å². The molecule has 2 aromatic carbocycles. The highest BCUT2D eigenvalue weighted by Crippen LogP contribution is 2.37. The normalized spacial score (nSPS) is 20.1. The summed E-state index contributed by atoms with van der Waals surface area (Å²) in [5, 5.41) is 11.1. The van der Waals surface area contributed by atoms with E-state index in [0.29, 0.717) is 45.7 Å². The summed E-state index contributed by atoms with van der Waals surface area (Å²) in [6, 6.07) is 18.8. The molecule has 2 aliphatic rings. The van der Waals surface area contributed by atoms with Crippen molar-refractivity contribution in [2.75, 3.05) is 36.5 Å². The maximum atomic E-state index is 13.8. The Morgan fingerprint density at radius 1 is 1.00 bits per heavy atom. The summed E-state index contributed by atoms with van der Waals surface area (Å²) in [4.78, 5) is 44.0. The number of hydrogen-bond acceptors (Lipinski definition) is 8. The average Bonchev–Trinajstić information content (AvgIpc) is 3.66. The minimum atomic E-state index is -0.645. The molecule has 1 aliphatic heterocycles. The fraction of sp³-hybridized carbons (Fsp3) is 0.459. The number of carbonyl (C=O) groups excluding carboxylic acids is 3. The summed E-state index contributed by atoms with van der Waals surface area (Å²) in [5.41, 5.74) is 1.79. The Morgan fingerprint density at radius 3 is 2.40 bits per heavy atom. The van der Waals surface area contributed by atoms with Crippen LogP contribution in [0.3, 0.4) is 0 Å². The molecule has 1 aliphatic carbocycles. The van der Waals surface area contributed by atoms with Crippen LogP contribution in [-0.2, 0) is 15.0 Å². The van der Waals surface area contributed by atoms with Crippen LogP contribution in [-0.4, -0.2) is 60.1 Å². The number of nitrogens with zero attached hydrogens (tertiary/aromatic N) is 3. The van der Waals surface area contributed by atoms with Crippen molar-refractivity contribution >= 4 is 51.0 Å². The van der Waals surface area contributed by atoms with Gasteiger partial charge < -0.3 is 25.0 Å². The Bertz CT molecular complexity index is 1760. The van der Waals surface area contributed by atoms with Gasteiger partial charge in [0.25, 0.3) is 11.8 Å². The Labute approximate surface area is 285 Å². The zero-order valence-corrected chi connectivity index (χ0v) is 29.1. The fourth-order valence-corrected chi connectivity index (χ4v) is 7.76. The van der Waals surface area contributed by atoms with Gasteiger partial charge in [-0.3, -0.25) is 9.59 Å². The second-order valence-corrected chi connectivity index (χ2v) is 14.9. The maximum absolute atomic E-state index is 13.8. The van der Waals surface area contributed by atoms with Gasteiger partial charge in [-0.15, -0.1) is 16.4 Å². The predicted molar refractivity (Wildman–Crippen MR) is 189 cm³/mol. The van der Waals surface area contributed by atoms with Gasteiger partial charge in [0.05, 0.1) is 29.0 Å². The minimum Gasteiger partial charge on any atom is -0.444 e. The standard InChI is InChI=1S/C37H45N5O5S/c1-23(2)28-16-11-24(3)21-30(28)47-36(45)42-35-29(22-31(48-35)34(44)39-37(4,5)26-9-7-6-8-10-26)32(40-42)38-33(43)25-12-14-27(15-13-25)41-17-19-46-20-18-41/h6-10,12-15,22-24,28,30H,11,16-21H2,1-5H3,(H,39,44)(H,38,40,43)/t24-,28+,30-/m1/s1. The van der Waals surface area contributed by atoms with E-state index in [1.807, 2.05) is 56.3 Å². The summed E-state index contributed by atoms with van der Waals surface area (Å²) in [7, 11) is 0. The number of fused-ring (bicyclic) bond motifs is 1.